The number of rotatable bonds is 6. The summed E-state index contributed by atoms with van der Waals surface area (Å²) in [6, 6.07) is 17.0. The summed E-state index contributed by atoms with van der Waals surface area (Å²) in [5.41, 5.74) is 11.3. The molecule has 0 atom stereocenters. The number of thiazole rings is 1. The number of anilines is 1. The zero-order valence-electron chi connectivity index (χ0n) is 14.4. The molecule has 0 aliphatic heterocycles. The number of hydrogen-bond donors (Lipinski definition) is 3. The first-order valence-electron chi connectivity index (χ1n) is 7.89. The van der Waals surface area contributed by atoms with Gasteiger partial charge in [-0.25, -0.2) is 4.98 Å². The molecule has 27 heavy (non-hydrogen) atoms. The Kier molecular flexibility index (Phi) is 5.44. The van der Waals surface area contributed by atoms with Gasteiger partial charge in [0.2, 0.25) is 5.71 Å². The van der Waals surface area contributed by atoms with Gasteiger partial charge in [-0.15, -0.1) is 11.3 Å². The maximum absolute atomic E-state index is 8.89. The number of aromatic nitrogens is 1. The lowest BCUT2D eigenvalue weighted by atomic mass is 10.1. The molecule has 7 nitrogen and oxygen atoms in total. The van der Waals surface area contributed by atoms with Crippen LogP contribution in [-0.4, -0.2) is 23.6 Å². The van der Waals surface area contributed by atoms with Crippen LogP contribution in [0, 0.1) is 16.7 Å². The van der Waals surface area contributed by atoms with Crippen molar-refractivity contribution in [2.75, 3.05) is 12.5 Å². The van der Waals surface area contributed by atoms with Crippen molar-refractivity contribution in [2.45, 2.75) is 0 Å². The molecule has 0 aliphatic rings. The van der Waals surface area contributed by atoms with Crippen molar-refractivity contribution in [3.05, 3.63) is 53.9 Å². The number of nitrogens with one attached hydrogen (secondary N) is 2. The standard InChI is InChI=1S/C19H16N6OS/c1-26-15-7-5-12(6-8-15)17-11-27-19(23-17)13-3-2-4-14(9-13)24-25-16(10-20)18(21)22/h2-9,11,24H,1H3,(H3,21,22)/b25-16+. The Balaban J connectivity index is 1.82. The molecule has 0 aliphatic carbocycles. The van der Waals surface area contributed by atoms with Crippen LogP contribution in [0.1, 0.15) is 0 Å². The van der Waals surface area contributed by atoms with Gasteiger partial charge in [0, 0.05) is 16.5 Å². The number of nitrogens with zero attached hydrogens (tertiary/aromatic N) is 3. The van der Waals surface area contributed by atoms with Crippen molar-refractivity contribution in [1.29, 1.82) is 10.7 Å². The molecule has 0 bridgehead atoms. The highest BCUT2D eigenvalue weighted by Crippen LogP contribution is 2.30. The third kappa shape index (κ3) is 4.29. The van der Waals surface area contributed by atoms with E-state index in [0.717, 1.165) is 27.6 Å². The lowest BCUT2D eigenvalue weighted by molar-refractivity contribution is 0.415. The van der Waals surface area contributed by atoms with Gasteiger partial charge in [-0.2, -0.15) is 10.4 Å². The normalized spacial score (nSPS) is 10.9. The van der Waals surface area contributed by atoms with Gasteiger partial charge in [0.25, 0.3) is 0 Å². The van der Waals surface area contributed by atoms with Gasteiger partial charge in [-0.1, -0.05) is 12.1 Å². The average Bonchev–Trinajstić information content (AvgIpc) is 3.19. The molecule has 0 amide bonds. The summed E-state index contributed by atoms with van der Waals surface area (Å²) in [5.74, 6) is 0.418. The fraction of sp³-hybridized carbons (Fsp3) is 0.0526. The van der Waals surface area contributed by atoms with Crippen LogP contribution in [-0.2, 0) is 0 Å². The molecule has 0 spiro atoms. The predicted octanol–water partition coefficient (Wildman–Crippen LogP) is 3.71. The summed E-state index contributed by atoms with van der Waals surface area (Å²) < 4.78 is 5.18. The van der Waals surface area contributed by atoms with Gasteiger partial charge >= 0.3 is 0 Å². The molecule has 3 rings (SSSR count). The van der Waals surface area contributed by atoms with Crippen molar-refractivity contribution in [3.63, 3.8) is 0 Å². The number of hydrogen-bond acceptors (Lipinski definition) is 7. The number of nitrogens with two attached hydrogens (primary N) is 1. The fourth-order valence-electron chi connectivity index (χ4n) is 2.29. The Morgan fingerprint density at radius 1 is 1.26 bits per heavy atom. The molecule has 4 N–H and O–H groups in total. The van der Waals surface area contributed by atoms with E-state index in [1.54, 1.807) is 19.2 Å². The fourth-order valence-corrected chi connectivity index (χ4v) is 3.11. The van der Waals surface area contributed by atoms with Gasteiger partial charge < -0.3 is 10.5 Å². The maximum atomic E-state index is 8.89. The quantitative estimate of drug-likeness (QED) is 0.344. The van der Waals surface area contributed by atoms with Crippen molar-refractivity contribution < 1.29 is 4.74 Å². The SMILES string of the molecule is COc1ccc(-c2csc(-c3cccc(N/N=C(\C#N)C(=N)N)c3)n2)cc1. The molecular weight excluding hydrogens is 360 g/mol. The highest BCUT2D eigenvalue weighted by Gasteiger charge is 2.08. The van der Waals surface area contributed by atoms with Crippen LogP contribution >= 0.6 is 11.3 Å². The van der Waals surface area contributed by atoms with Crippen LogP contribution in [0.15, 0.2) is 59.0 Å². The van der Waals surface area contributed by atoms with E-state index in [2.05, 4.69) is 10.5 Å². The number of ether oxygens (including phenoxy) is 1. The molecule has 0 radical (unpaired) electrons. The summed E-state index contributed by atoms with van der Waals surface area (Å²) in [5, 5.41) is 22.9. The van der Waals surface area contributed by atoms with Crippen LogP contribution in [0.2, 0.25) is 0 Å². The van der Waals surface area contributed by atoms with E-state index in [1.165, 1.54) is 11.3 Å². The van der Waals surface area contributed by atoms with Crippen molar-refractivity contribution in [1.82, 2.24) is 4.98 Å². The molecule has 0 fully saturated rings. The third-order valence-electron chi connectivity index (χ3n) is 3.66. The minimum atomic E-state index is -0.384. The molecule has 0 saturated carbocycles. The van der Waals surface area contributed by atoms with E-state index in [9.17, 15) is 0 Å². The number of methoxy groups -OCH3 is 1. The molecule has 3 aromatic rings. The minimum Gasteiger partial charge on any atom is -0.497 e. The minimum absolute atomic E-state index is 0.170. The number of amidine groups is 1. The number of hydrazone groups is 1. The molecule has 1 aromatic heterocycles. The zero-order valence-corrected chi connectivity index (χ0v) is 15.2. The Bertz CT molecular complexity index is 1030. The maximum Gasteiger partial charge on any atom is 0.201 e. The second-order valence-corrected chi connectivity index (χ2v) is 6.30. The molecular formula is C19H16N6OS. The highest BCUT2D eigenvalue weighted by molar-refractivity contribution is 7.13. The van der Waals surface area contributed by atoms with Gasteiger partial charge in [0.1, 0.15) is 16.8 Å². The Hall–Kier alpha value is -3.70. The third-order valence-corrected chi connectivity index (χ3v) is 4.55. The molecule has 0 unspecified atom stereocenters. The number of benzene rings is 2. The summed E-state index contributed by atoms with van der Waals surface area (Å²) in [4.78, 5) is 4.69. The van der Waals surface area contributed by atoms with Crippen molar-refractivity contribution in [3.8, 4) is 33.6 Å². The lowest BCUT2D eigenvalue weighted by Gasteiger charge is -2.03. The van der Waals surface area contributed by atoms with Crippen molar-refractivity contribution in [2.24, 2.45) is 10.8 Å². The van der Waals surface area contributed by atoms with Crippen LogP contribution in [0.5, 0.6) is 5.75 Å². The first-order chi connectivity index (χ1) is 13.1. The average molecular weight is 376 g/mol. The summed E-state index contributed by atoms with van der Waals surface area (Å²) in [6.45, 7) is 0. The highest BCUT2D eigenvalue weighted by atomic mass is 32.1. The molecule has 0 saturated heterocycles. The lowest BCUT2D eigenvalue weighted by Crippen LogP contribution is -2.21. The Labute approximate surface area is 160 Å². The first kappa shape index (κ1) is 18.1. The topological polar surface area (TPSA) is 120 Å². The van der Waals surface area contributed by atoms with E-state index in [1.807, 2.05) is 47.8 Å². The van der Waals surface area contributed by atoms with Gasteiger partial charge in [-0.05, 0) is 36.4 Å². The largest absolute Gasteiger partial charge is 0.497 e. The van der Waals surface area contributed by atoms with E-state index >= 15 is 0 Å². The summed E-state index contributed by atoms with van der Waals surface area (Å²) in [6.07, 6.45) is 0. The molecule has 1 heterocycles. The predicted molar refractivity (Wildman–Crippen MR) is 108 cm³/mol. The zero-order chi connectivity index (χ0) is 19.2. The molecule has 2 aromatic carbocycles. The smallest absolute Gasteiger partial charge is 0.201 e. The Morgan fingerprint density at radius 3 is 2.70 bits per heavy atom. The Morgan fingerprint density at radius 2 is 2.04 bits per heavy atom. The van der Waals surface area contributed by atoms with E-state index in [4.69, 9.17) is 26.1 Å². The van der Waals surface area contributed by atoms with Gasteiger partial charge in [0.15, 0.2) is 5.84 Å². The van der Waals surface area contributed by atoms with E-state index in [-0.39, 0.29) is 11.5 Å². The van der Waals surface area contributed by atoms with Crippen LogP contribution in [0.4, 0.5) is 5.69 Å². The van der Waals surface area contributed by atoms with Gasteiger partial charge in [-0.3, -0.25) is 10.8 Å². The molecule has 8 heteroatoms. The van der Waals surface area contributed by atoms with Crippen LogP contribution < -0.4 is 15.9 Å². The van der Waals surface area contributed by atoms with Crippen LogP contribution in [0.3, 0.4) is 0 Å². The summed E-state index contributed by atoms with van der Waals surface area (Å²) in [7, 11) is 1.64. The number of nitriles is 1. The summed E-state index contributed by atoms with van der Waals surface area (Å²) >= 11 is 1.54. The van der Waals surface area contributed by atoms with E-state index in [0.29, 0.717) is 5.69 Å². The molecule has 134 valence electrons. The second-order valence-electron chi connectivity index (χ2n) is 5.44. The van der Waals surface area contributed by atoms with Crippen LogP contribution in [0.25, 0.3) is 21.8 Å². The van der Waals surface area contributed by atoms with Crippen molar-refractivity contribution >= 4 is 28.6 Å². The first-order valence-corrected chi connectivity index (χ1v) is 8.77. The van der Waals surface area contributed by atoms with Gasteiger partial charge in [0.05, 0.1) is 18.5 Å². The van der Waals surface area contributed by atoms with E-state index < -0.39 is 0 Å². The second kappa shape index (κ2) is 8.12. The monoisotopic (exact) mass is 376 g/mol.